The van der Waals surface area contributed by atoms with Crippen LogP contribution in [-0.4, -0.2) is 42.1 Å². The molecular weight excluding hydrogens is 345 g/mol. The van der Waals surface area contributed by atoms with E-state index in [4.69, 9.17) is 25.6 Å². The van der Waals surface area contributed by atoms with Crippen LogP contribution in [-0.2, 0) is 0 Å². The van der Waals surface area contributed by atoms with Gasteiger partial charge in [-0.3, -0.25) is 0 Å². The lowest BCUT2D eigenvalue weighted by molar-refractivity contribution is 0.191. The van der Waals surface area contributed by atoms with Crippen LogP contribution in [0.1, 0.15) is 18.4 Å². The van der Waals surface area contributed by atoms with Crippen molar-refractivity contribution in [2.75, 3.05) is 20.8 Å². The smallest absolute Gasteiger partial charge is 0.244 e. The van der Waals surface area contributed by atoms with Crippen LogP contribution in [0, 0.1) is 0 Å². The summed E-state index contributed by atoms with van der Waals surface area (Å²) in [4.78, 5) is 4.36. The Balaban J connectivity index is 0.00000192. The van der Waals surface area contributed by atoms with Gasteiger partial charge < -0.3 is 24.4 Å². The van der Waals surface area contributed by atoms with Crippen LogP contribution in [0.4, 0.5) is 0 Å². The predicted octanol–water partition coefficient (Wildman–Crippen LogP) is 2.22. The highest BCUT2D eigenvalue weighted by Gasteiger charge is 2.28. The summed E-state index contributed by atoms with van der Waals surface area (Å²) >= 11 is 6.18. The first-order valence-corrected chi connectivity index (χ1v) is 7.17. The summed E-state index contributed by atoms with van der Waals surface area (Å²) in [7, 11) is 3.05. The molecule has 0 saturated carbocycles. The number of aliphatic hydroxyl groups is 1. The van der Waals surface area contributed by atoms with Gasteiger partial charge in [0.05, 0.1) is 31.4 Å². The van der Waals surface area contributed by atoms with Gasteiger partial charge in [-0.25, -0.2) is 0 Å². The highest BCUT2D eigenvalue weighted by Crippen LogP contribution is 2.38. The molecule has 9 heteroatoms. The fourth-order valence-electron chi connectivity index (χ4n) is 2.45. The molecule has 3 rings (SSSR count). The second kappa shape index (κ2) is 7.35. The highest BCUT2D eigenvalue weighted by molar-refractivity contribution is 6.32. The van der Waals surface area contributed by atoms with Crippen LogP contribution in [0.5, 0.6) is 11.5 Å². The van der Waals surface area contributed by atoms with Crippen LogP contribution in [0.2, 0.25) is 5.02 Å². The van der Waals surface area contributed by atoms with Gasteiger partial charge in [0.1, 0.15) is 0 Å². The van der Waals surface area contributed by atoms with E-state index < -0.39 is 6.10 Å². The maximum Gasteiger partial charge on any atom is 0.244 e. The van der Waals surface area contributed by atoms with Crippen molar-refractivity contribution in [3.8, 4) is 22.9 Å². The molecule has 2 aromatic rings. The average Bonchev–Trinajstić information content (AvgIpc) is 3.15. The fraction of sp³-hybridized carbons (Fsp3) is 0.429. The maximum atomic E-state index is 9.55. The summed E-state index contributed by atoms with van der Waals surface area (Å²) in [5.41, 5.74) is 0.663. The first kappa shape index (κ1) is 17.8. The van der Waals surface area contributed by atoms with Gasteiger partial charge in [0, 0.05) is 12.1 Å². The van der Waals surface area contributed by atoms with Crippen molar-refractivity contribution >= 4 is 24.0 Å². The normalized spacial score (nSPS) is 20.2. The molecule has 0 spiro atoms. The number of aromatic nitrogens is 2. The Morgan fingerprint density at radius 2 is 2.13 bits per heavy atom. The van der Waals surface area contributed by atoms with Crippen molar-refractivity contribution in [2.24, 2.45) is 0 Å². The number of hydrogen-bond donors (Lipinski definition) is 2. The van der Waals surface area contributed by atoms with Crippen LogP contribution >= 0.6 is 24.0 Å². The van der Waals surface area contributed by atoms with E-state index in [9.17, 15) is 5.11 Å². The molecule has 2 atom stereocenters. The van der Waals surface area contributed by atoms with E-state index in [0.29, 0.717) is 46.8 Å². The lowest BCUT2D eigenvalue weighted by Gasteiger charge is -2.10. The topological polar surface area (TPSA) is 89.6 Å². The minimum absolute atomic E-state index is 0. The molecule has 2 N–H and O–H groups in total. The Morgan fingerprint density at radius 1 is 1.35 bits per heavy atom. The minimum atomic E-state index is -0.393. The molecule has 0 bridgehead atoms. The van der Waals surface area contributed by atoms with E-state index in [1.165, 1.54) is 14.2 Å². The fourth-order valence-corrected chi connectivity index (χ4v) is 2.73. The third-order valence-electron chi connectivity index (χ3n) is 3.54. The molecular formula is C14H17Cl2N3O4. The van der Waals surface area contributed by atoms with Gasteiger partial charge in [-0.05, 0) is 18.6 Å². The average molecular weight is 362 g/mol. The Morgan fingerprint density at radius 3 is 2.74 bits per heavy atom. The van der Waals surface area contributed by atoms with E-state index in [2.05, 4.69) is 15.5 Å². The minimum Gasteiger partial charge on any atom is -0.493 e. The molecule has 0 unspecified atom stereocenters. The maximum absolute atomic E-state index is 9.55. The van der Waals surface area contributed by atoms with E-state index >= 15 is 0 Å². The number of nitrogens with one attached hydrogen (secondary N) is 1. The summed E-state index contributed by atoms with van der Waals surface area (Å²) in [5.74, 6) is 1.79. The quantitative estimate of drug-likeness (QED) is 0.862. The van der Waals surface area contributed by atoms with Crippen molar-refractivity contribution in [1.82, 2.24) is 15.5 Å². The molecule has 7 nitrogen and oxygen atoms in total. The zero-order valence-corrected chi connectivity index (χ0v) is 14.1. The lowest BCUT2D eigenvalue weighted by Crippen LogP contribution is -2.15. The van der Waals surface area contributed by atoms with Crippen molar-refractivity contribution in [2.45, 2.75) is 18.6 Å². The molecule has 0 radical (unpaired) electrons. The van der Waals surface area contributed by atoms with Crippen molar-refractivity contribution in [1.29, 1.82) is 0 Å². The summed E-state index contributed by atoms with van der Waals surface area (Å²) in [6, 6.07) is 3.29. The Kier molecular flexibility index (Phi) is 5.69. The van der Waals surface area contributed by atoms with Crippen LogP contribution in [0.25, 0.3) is 11.4 Å². The van der Waals surface area contributed by atoms with Crippen LogP contribution < -0.4 is 14.8 Å². The zero-order chi connectivity index (χ0) is 15.7. The number of halogens is 2. The van der Waals surface area contributed by atoms with E-state index in [-0.39, 0.29) is 18.4 Å². The van der Waals surface area contributed by atoms with Crippen molar-refractivity contribution < 1.29 is 19.1 Å². The van der Waals surface area contributed by atoms with Gasteiger partial charge in [-0.2, -0.15) is 4.98 Å². The number of aliphatic hydroxyl groups excluding tert-OH is 1. The number of benzene rings is 1. The second-order valence-electron chi connectivity index (χ2n) is 5.00. The Labute approximate surface area is 144 Å². The Bertz CT molecular complexity index is 680. The van der Waals surface area contributed by atoms with E-state index in [1.807, 2.05) is 0 Å². The molecule has 1 aromatic carbocycles. The summed E-state index contributed by atoms with van der Waals surface area (Å²) < 4.78 is 15.7. The van der Waals surface area contributed by atoms with Gasteiger partial charge in [0.15, 0.2) is 11.5 Å². The Hall–Kier alpha value is -1.54. The number of nitrogens with zero attached hydrogens (tertiary/aromatic N) is 2. The molecule has 1 aliphatic heterocycles. The summed E-state index contributed by atoms with van der Waals surface area (Å²) in [6.07, 6.45) is 0.157. The van der Waals surface area contributed by atoms with Gasteiger partial charge in [-0.1, -0.05) is 16.8 Å². The highest BCUT2D eigenvalue weighted by atomic mass is 35.5. The first-order valence-electron chi connectivity index (χ1n) is 6.79. The number of rotatable bonds is 4. The van der Waals surface area contributed by atoms with Gasteiger partial charge in [-0.15, -0.1) is 12.4 Å². The molecule has 0 amide bonds. The summed E-state index contributed by atoms with van der Waals surface area (Å²) in [6.45, 7) is 0.518. The molecule has 1 aliphatic rings. The van der Waals surface area contributed by atoms with Gasteiger partial charge in [0.2, 0.25) is 11.7 Å². The second-order valence-corrected chi connectivity index (χ2v) is 5.41. The van der Waals surface area contributed by atoms with Crippen LogP contribution in [0.3, 0.4) is 0 Å². The number of hydrogen-bond acceptors (Lipinski definition) is 7. The van der Waals surface area contributed by atoms with Crippen molar-refractivity contribution in [3.63, 3.8) is 0 Å². The zero-order valence-electron chi connectivity index (χ0n) is 12.6. The van der Waals surface area contributed by atoms with E-state index in [0.717, 1.165) is 0 Å². The third-order valence-corrected chi connectivity index (χ3v) is 3.82. The largest absolute Gasteiger partial charge is 0.493 e. The van der Waals surface area contributed by atoms with Crippen molar-refractivity contribution in [3.05, 3.63) is 23.0 Å². The molecule has 1 fully saturated rings. The molecule has 1 aromatic heterocycles. The van der Waals surface area contributed by atoms with E-state index in [1.54, 1.807) is 12.1 Å². The van der Waals surface area contributed by atoms with Gasteiger partial charge in [0.25, 0.3) is 0 Å². The SMILES string of the molecule is COc1cc(-c2noc([C@H]3C[C@@H](O)CN3)n2)cc(Cl)c1OC.Cl. The van der Waals surface area contributed by atoms with Crippen LogP contribution in [0.15, 0.2) is 16.7 Å². The molecule has 126 valence electrons. The standard InChI is InChI=1S/C14H16ClN3O4.ClH/c1-20-11-4-7(3-9(15)12(11)21-2)13-17-14(22-18-13)10-5-8(19)6-16-10;/h3-4,8,10,16,19H,5-6H2,1-2H3;1H/t8-,10-;/m1./s1. The molecule has 0 aliphatic carbocycles. The van der Waals surface area contributed by atoms with Gasteiger partial charge >= 0.3 is 0 Å². The monoisotopic (exact) mass is 361 g/mol. The molecule has 2 heterocycles. The number of methoxy groups -OCH3 is 2. The summed E-state index contributed by atoms with van der Waals surface area (Å²) in [5, 5.41) is 17.0. The molecule has 1 saturated heterocycles. The predicted molar refractivity (Wildman–Crippen MR) is 86.5 cm³/mol. The number of ether oxygens (including phenoxy) is 2. The third kappa shape index (κ3) is 3.53. The first-order chi connectivity index (χ1) is 10.6. The lowest BCUT2D eigenvalue weighted by atomic mass is 10.2. The number of β-amino-alcohol motifs (C(OH)–C–C–N with tert-alkyl or cyclic N) is 1. The molecule has 23 heavy (non-hydrogen) atoms.